The number of nitrogens with two attached hydrogens (primary N) is 1. The van der Waals surface area contributed by atoms with E-state index in [1.165, 1.54) is 12.8 Å². The molecule has 1 aliphatic carbocycles. The van der Waals surface area contributed by atoms with Gasteiger partial charge in [0, 0.05) is 6.07 Å². The molecule has 0 saturated heterocycles. The van der Waals surface area contributed by atoms with Crippen molar-refractivity contribution in [3.8, 4) is 0 Å². The van der Waals surface area contributed by atoms with E-state index in [-0.39, 0.29) is 0 Å². The molecule has 0 aromatic carbocycles. The van der Waals surface area contributed by atoms with Crippen molar-refractivity contribution in [2.75, 3.05) is 5.73 Å². The van der Waals surface area contributed by atoms with E-state index in [0.717, 1.165) is 17.4 Å². The normalized spacial score (nSPS) is 28.5. The second-order valence-corrected chi connectivity index (χ2v) is 3.89. The van der Waals surface area contributed by atoms with E-state index in [4.69, 9.17) is 5.73 Å². The summed E-state index contributed by atoms with van der Waals surface area (Å²) in [6, 6.07) is 2.50. The van der Waals surface area contributed by atoms with Gasteiger partial charge in [-0.25, -0.2) is 4.68 Å². The second kappa shape index (κ2) is 2.51. The van der Waals surface area contributed by atoms with Crippen LogP contribution in [0.4, 0.5) is 5.82 Å². The van der Waals surface area contributed by atoms with E-state index in [9.17, 15) is 0 Å². The molecule has 0 unspecified atom stereocenters. The fourth-order valence-corrected chi connectivity index (χ4v) is 1.89. The maximum atomic E-state index is 5.80. The molecule has 3 heteroatoms. The number of aryl methyl sites for hydroxylation is 1. The van der Waals surface area contributed by atoms with Crippen molar-refractivity contribution in [2.24, 2.45) is 5.92 Å². The average molecular weight is 165 g/mol. The summed E-state index contributed by atoms with van der Waals surface area (Å²) in [6.07, 6.45) is 2.46. The van der Waals surface area contributed by atoms with Gasteiger partial charge in [0.25, 0.3) is 0 Å². The number of rotatable bonds is 1. The van der Waals surface area contributed by atoms with Gasteiger partial charge >= 0.3 is 0 Å². The summed E-state index contributed by atoms with van der Waals surface area (Å²) >= 11 is 0. The lowest BCUT2D eigenvalue weighted by Gasteiger charge is -2.33. The van der Waals surface area contributed by atoms with Gasteiger partial charge in [0.2, 0.25) is 0 Å². The second-order valence-electron chi connectivity index (χ2n) is 3.89. The van der Waals surface area contributed by atoms with Gasteiger partial charge in [0.05, 0.1) is 11.7 Å². The zero-order valence-corrected chi connectivity index (χ0v) is 7.62. The number of anilines is 1. The van der Waals surface area contributed by atoms with E-state index < -0.39 is 0 Å². The topological polar surface area (TPSA) is 43.8 Å². The summed E-state index contributed by atoms with van der Waals surface area (Å²) in [5.74, 6) is 1.66. The number of hydrogen-bond donors (Lipinski definition) is 1. The Hall–Kier alpha value is -0.990. The molecule has 0 amide bonds. The van der Waals surface area contributed by atoms with Crippen molar-refractivity contribution in [1.29, 1.82) is 0 Å². The van der Waals surface area contributed by atoms with Gasteiger partial charge in [-0.3, -0.25) is 0 Å². The van der Waals surface area contributed by atoms with Gasteiger partial charge in [-0.2, -0.15) is 5.10 Å². The zero-order valence-electron chi connectivity index (χ0n) is 7.62. The zero-order chi connectivity index (χ0) is 8.72. The molecule has 0 atom stereocenters. The largest absolute Gasteiger partial charge is 0.384 e. The van der Waals surface area contributed by atoms with Gasteiger partial charge in [-0.1, -0.05) is 6.92 Å². The number of hydrogen-bond acceptors (Lipinski definition) is 2. The van der Waals surface area contributed by atoms with E-state index in [1.807, 2.05) is 17.7 Å². The van der Waals surface area contributed by atoms with Crippen molar-refractivity contribution in [1.82, 2.24) is 9.78 Å². The minimum absolute atomic E-state index is 0.564. The Bertz CT molecular complexity index is 284. The highest BCUT2D eigenvalue weighted by Gasteiger charge is 2.28. The van der Waals surface area contributed by atoms with Crippen molar-refractivity contribution in [3.05, 3.63) is 11.8 Å². The third kappa shape index (κ3) is 1.09. The molecule has 0 bridgehead atoms. The van der Waals surface area contributed by atoms with Gasteiger partial charge < -0.3 is 5.73 Å². The van der Waals surface area contributed by atoms with Crippen molar-refractivity contribution in [2.45, 2.75) is 32.7 Å². The third-order valence-electron chi connectivity index (χ3n) is 2.58. The predicted octanol–water partition coefficient (Wildman–Crippen LogP) is 1.74. The molecule has 2 N–H and O–H groups in total. The number of nitrogens with zero attached hydrogens (tertiary/aromatic N) is 2. The Morgan fingerprint density at radius 1 is 1.58 bits per heavy atom. The van der Waals surface area contributed by atoms with Crippen LogP contribution in [0.1, 0.15) is 31.5 Å². The van der Waals surface area contributed by atoms with Crippen LogP contribution in [0.25, 0.3) is 0 Å². The average Bonchev–Trinajstić information content (AvgIpc) is 2.23. The van der Waals surface area contributed by atoms with Crippen LogP contribution in [0, 0.1) is 12.8 Å². The molecule has 1 aromatic heterocycles. The smallest absolute Gasteiger partial charge is 0.122 e. The lowest BCUT2D eigenvalue weighted by atomic mass is 9.82. The quantitative estimate of drug-likeness (QED) is 0.689. The molecule has 12 heavy (non-hydrogen) atoms. The summed E-state index contributed by atoms with van der Waals surface area (Å²) in [5, 5.41) is 4.36. The molecule has 1 saturated carbocycles. The van der Waals surface area contributed by atoms with Crippen molar-refractivity contribution in [3.63, 3.8) is 0 Å². The van der Waals surface area contributed by atoms with Crippen LogP contribution < -0.4 is 5.73 Å². The molecule has 1 aromatic rings. The summed E-state index contributed by atoms with van der Waals surface area (Å²) in [4.78, 5) is 0. The van der Waals surface area contributed by atoms with Crippen LogP contribution in [0.5, 0.6) is 0 Å². The Labute approximate surface area is 72.6 Å². The molecular formula is C9H15N3. The van der Waals surface area contributed by atoms with Crippen LogP contribution in [0.15, 0.2) is 6.07 Å². The molecule has 1 aliphatic rings. The minimum atomic E-state index is 0.564. The SMILES string of the molecule is Cc1cc(N)n(C2CC(C)C2)n1. The third-order valence-corrected chi connectivity index (χ3v) is 2.58. The lowest BCUT2D eigenvalue weighted by molar-refractivity contribution is 0.202. The monoisotopic (exact) mass is 165 g/mol. The Kier molecular flexibility index (Phi) is 1.60. The molecule has 0 spiro atoms. The summed E-state index contributed by atoms with van der Waals surface area (Å²) in [6.45, 7) is 4.25. The standard InChI is InChI=1S/C9H15N3/c1-6-3-8(4-6)12-9(10)5-7(2)11-12/h5-6,8H,3-4,10H2,1-2H3. The van der Waals surface area contributed by atoms with Crippen LogP contribution in [-0.4, -0.2) is 9.78 Å². The maximum absolute atomic E-state index is 5.80. The van der Waals surface area contributed by atoms with Crippen LogP contribution in [0.3, 0.4) is 0 Å². The Balaban J connectivity index is 2.17. The number of aromatic nitrogens is 2. The molecule has 0 radical (unpaired) electrons. The molecular weight excluding hydrogens is 150 g/mol. The maximum Gasteiger partial charge on any atom is 0.122 e. The van der Waals surface area contributed by atoms with Gasteiger partial charge in [0.15, 0.2) is 0 Å². The van der Waals surface area contributed by atoms with Gasteiger partial charge in [-0.05, 0) is 25.7 Å². The molecule has 66 valence electrons. The Morgan fingerprint density at radius 2 is 2.25 bits per heavy atom. The van der Waals surface area contributed by atoms with Crippen molar-refractivity contribution < 1.29 is 0 Å². The molecule has 2 rings (SSSR count). The first-order valence-electron chi connectivity index (χ1n) is 4.48. The first-order valence-corrected chi connectivity index (χ1v) is 4.48. The van der Waals surface area contributed by atoms with Crippen LogP contribution in [-0.2, 0) is 0 Å². The van der Waals surface area contributed by atoms with Crippen LogP contribution >= 0.6 is 0 Å². The fraction of sp³-hybridized carbons (Fsp3) is 0.667. The predicted molar refractivity (Wildman–Crippen MR) is 48.8 cm³/mol. The highest BCUT2D eigenvalue weighted by molar-refractivity contribution is 5.31. The summed E-state index contributed by atoms with van der Waals surface area (Å²) in [7, 11) is 0. The number of nitrogen functional groups attached to an aromatic ring is 1. The summed E-state index contributed by atoms with van der Waals surface area (Å²) < 4.78 is 1.97. The summed E-state index contributed by atoms with van der Waals surface area (Å²) in [5.41, 5.74) is 6.82. The highest BCUT2D eigenvalue weighted by Crippen LogP contribution is 2.38. The highest BCUT2D eigenvalue weighted by atomic mass is 15.3. The lowest BCUT2D eigenvalue weighted by Crippen LogP contribution is -2.26. The first-order chi connectivity index (χ1) is 5.66. The van der Waals surface area contributed by atoms with Gasteiger partial charge in [-0.15, -0.1) is 0 Å². The van der Waals surface area contributed by atoms with Gasteiger partial charge in [0.1, 0.15) is 5.82 Å². The first kappa shape index (κ1) is 7.65. The van der Waals surface area contributed by atoms with E-state index in [2.05, 4.69) is 12.0 Å². The molecule has 0 aliphatic heterocycles. The molecule has 1 fully saturated rings. The van der Waals surface area contributed by atoms with Crippen molar-refractivity contribution >= 4 is 5.82 Å². The van der Waals surface area contributed by atoms with E-state index in [0.29, 0.717) is 6.04 Å². The van der Waals surface area contributed by atoms with Crippen LogP contribution in [0.2, 0.25) is 0 Å². The molecule has 3 nitrogen and oxygen atoms in total. The Morgan fingerprint density at radius 3 is 2.67 bits per heavy atom. The fourth-order valence-electron chi connectivity index (χ4n) is 1.89. The molecule has 1 heterocycles. The van der Waals surface area contributed by atoms with E-state index >= 15 is 0 Å². The minimum Gasteiger partial charge on any atom is -0.384 e. The van der Waals surface area contributed by atoms with E-state index in [1.54, 1.807) is 0 Å².